The van der Waals surface area contributed by atoms with Crippen molar-refractivity contribution in [2.45, 2.75) is 0 Å². The summed E-state index contributed by atoms with van der Waals surface area (Å²) in [6, 6.07) is 7.34. The number of nitro groups is 1. The summed E-state index contributed by atoms with van der Waals surface area (Å²) in [5.41, 5.74) is 6.06. The average Bonchev–Trinajstić information content (AvgIpc) is 2.41. The van der Waals surface area contributed by atoms with E-state index in [1.165, 1.54) is 18.2 Å². The number of pyridine rings is 1. The van der Waals surface area contributed by atoms with E-state index in [9.17, 15) is 14.9 Å². The zero-order valence-corrected chi connectivity index (χ0v) is 10.8. The molecule has 3 rings (SSSR count). The Morgan fingerprint density at radius 1 is 1.15 bits per heavy atom. The summed E-state index contributed by atoms with van der Waals surface area (Å²) in [6.45, 7) is 0. The van der Waals surface area contributed by atoms with Crippen LogP contribution in [0.15, 0.2) is 35.1 Å². The number of nitrogens with one attached hydrogen (secondary N) is 1. The number of anilines is 1. The fourth-order valence-electron chi connectivity index (χ4n) is 2.17. The van der Waals surface area contributed by atoms with Crippen LogP contribution in [0, 0.1) is 10.1 Å². The monoisotopic (exact) mass is 289 g/mol. The van der Waals surface area contributed by atoms with E-state index in [2.05, 4.69) is 4.98 Å². The van der Waals surface area contributed by atoms with Gasteiger partial charge in [0, 0.05) is 17.5 Å². The van der Waals surface area contributed by atoms with Crippen molar-refractivity contribution in [2.24, 2.45) is 0 Å². The molecule has 100 valence electrons. The van der Waals surface area contributed by atoms with Crippen LogP contribution in [0.1, 0.15) is 0 Å². The van der Waals surface area contributed by atoms with Crippen LogP contribution in [0.4, 0.5) is 11.4 Å². The van der Waals surface area contributed by atoms with Crippen molar-refractivity contribution in [1.29, 1.82) is 0 Å². The lowest BCUT2D eigenvalue weighted by atomic mass is 10.1. The molecule has 0 fully saturated rings. The summed E-state index contributed by atoms with van der Waals surface area (Å²) >= 11 is 5.98. The Labute approximate surface area is 116 Å². The third-order valence-corrected chi connectivity index (χ3v) is 3.46. The molecule has 20 heavy (non-hydrogen) atoms. The lowest BCUT2D eigenvalue weighted by molar-refractivity contribution is -0.384. The van der Waals surface area contributed by atoms with E-state index < -0.39 is 10.5 Å². The summed E-state index contributed by atoms with van der Waals surface area (Å²) in [4.78, 5) is 24.9. The van der Waals surface area contributed by atoms with Crippen molar-refractivity contribution in [2.75, 3.05) is 5.73 Å². The largest absolute Gasteiger partial charge is 0.397 e. The van der Waals surface area contributed by atoms with E-state index in [0.29, 0.717) is 27.0 Å². The first-order valence-corrected chi connectivity index (χ1v) is 6.04. The average molecular weight is 290 g/mol. The molecule has 6 nitrogen and oxygen atoms in total. The number of benzene rings is 2. The molecule has 1 heterocycles. The predicted molar refractivity (Wildman–Crippen MR) is 78.2 cm³/mol. The van der Waals surface area contributed by atoms with Gasteiger partial charge in [-0.1, -0.05) is 11.6 Å². The topological polar surface area (TPSA) is 102 Å². The van der Waals surface area contributed by atoms with Gasteiger partial charge in [-0.2, -0.15) is 0 Å². The SMILES string of the molecule is Nc1cc2[nH]c(=O)c3cc([N+](=O)[O-])ccc3c2cc1Cl. The van der Waals surface area contributed by atoms with Crippen molar-refractivity contribution < 1.29 is 4.92 Å². The number of nitro benzene ring substituents is 1. The molecular formula is C13H8ClN3O3. The van der Waals surface area contributed by atoms with Gasteiger partial charge >= 0.3 is 0 Å². The molecule has 0 saturated carbocycles. The number of hydrogen-bond acceptors (Lipinski definition) is 4. The molecule has 0 saturated heterocycles. The van der Waals surface area contributed by atoms with Crippen molar-refractivity contribution in [3.63, 3.8) is 0 Å². The van der Waals surface area contributed by atoms with Gasteiger partial charge in [0.2, 0.25) is 0 Å². The number of non-ortho nitro benzene ring substituents is 1. The van der Waals surface area contributed by atoms with E-state index in [-0.39, 0.29) is 11.1 Å². The highest BCUT2D eigenvalue weighted by atomic mass is 35.5. The van der Waals surface area contributed by atoms with Crippen LogP contribution in [0.5, 0.6) is 0 Å². The molecule has 0 spiro atoms. The number of halogens is 1. The maximum absolute atomic E-state index is 12.0. The normalized spacial score (nSPS) is 11.1. The van der Waals surface area contributed by atoms with Gasteiger partial charge in [0.1, 0.15) is 0 Å². The first-order chi connectivity index (χ1) is 9.47. The molecule has 3 N–H and O–H groups in total. The number of H-pyrrole nitrogens is 1. The molecule has 0 aliphatic rings. The molecule has 0 amide bonds. The molecule has 1 aromatic heterocycles. The Kier molecular flexibility index (Phi) is 2.62. The number of hydrogen-bond donors (Lipinski definition) is 2. The number of nitrogens with two attached hydrogens (primary N) is 1. The molecule has 0 radical (unpaired) electrons. The van der Waals surface area contributed by atoms with Gasteiger partial charge in [0.05, 0.1) is 26.5 Å². The Morgan fingerprint density at radius 3 is 2.60 bits per heavy atom. The zero-order valence-electron chi connectivity index (χ0n) is 10.0. The van der Waals surface area contributed by atoms with Gasteiger partial charge in [0.15, 0.2) is 0 Å². The Hall–Kier alpha value is -2.60. The van der Waals surface area contributed by atoms with Crippen LogP contribution in [-0.4, -0.2) is 9.91 Å². The van der Waals surface area contributed by atoms with Crippen molar-refractivity contribution in [1.82, 2.24) is 4.98 Å². The molecule has 0 unspecified atom stereocenters. The first-order valence-electron chi connectivity index (χ1n) is 5.66. The maximum atomic E-state index is 12.0. The molecular weight excluding hydrogens is 282 g/mol. The number of nitrogen functional groups attached to an aromatic ring is 1. The van der Waals surface area contributed by atoms with Crippen LogP contribution in [-0.2, 0) is 0 Å². The minimum Gasteiger partial charge on any atom is -0.397 e. The third-order valence-electron chi connectivity index (χ3n) is 3.13. The Morgan fingerprint density at radius 2 is 1.90 bits per heavy atom. The van der Waals surface area contributed by atoms with Crippen LogP contribution in [0.2, 0.25) is 5.02 Å². The number of rotatable bonds is 1. The summed E-state index contributed by atoms with van der Waals surface area (Å²) in [5, 5.41) is 12.7. The number of fused-ring (bicyclic) bond motifs is 3. The summed E-state index contributed by atoms with van der Waals surface area (Å²) < 4.78 is 0. The van der Waals surface area contributed by atoms with E-state index >= 15 is 0 Å². The summed E-state index contributed by atoms with van der Waals surface area (Å²) in [7, 11) is 0. The highest BCUT2D eigenvalue weighted by Crippen LogP contribution is 2.29. The van der Waals surface area contributed by atoms with Crippen LogP contribution >= 0.6 is 11.6 Å². The maximum Gasteiger partial charge on any atom is 0.270 e. The molecule has 7 heteroatoms. The van der Waals surface area contributed by atoms with Gasteiger partial charge in [-0.15, -0.1) is 0 Å². The molecule has 0 aliphatic carbocycles. The number of aromatic amines is 1. The standard InChI is InChI=1S/C13H8ClN3O3/c14-10-4-8-7-2-1-6(17(19)20)3-9(7)13(18)16-12(8)5-11(10)15/h1-5H,15H2,(H,16,18). The fraction of sp³-hybridized carbons (Fsp3) is 0. The minimum absolute atomic E-state index is 0.135. The van der Waals surface area contributed by atoms with Crippen molar-refractivity contribution in [3.8, 4) is 0 Å². The lowest BCUT2D eigenvalue weighted by Crippen LogP contribution is -2.07. The van der Waals surface area contributed by atoms with Gasteiger partial charge < -0.3 is 10.7 Å². The van der Waals surface area contributed by atoms with E-state index in [1.807, 2.05) is 0 Å². The number of nitrogens with zero attached hydrogens (tertiary/aromatic N) is 1. The second kappa shape index (κ2) is 4.21. The minimum atomic E-state index is -0.543. The highest BCUT2D eigenvalue weighted by Gasteiger charge is 2.12. The van der Waals surface area contributed by atoms with Crippen LogP contribution in [0.3, 0.4) is 0 Å². The van der Waals surface area contributed by atoms with Crippen molar-refractivity contribution >= 4 is 44.7 Å². The third kappa shape index (κ3) is 1.78. The smallest absolute Gasteiger partial charge is 0.270 e. The summed E-state index contributed by atoms with van der Waals surface area (Å²) in [6.07, 6.45) is 0. The predicted octanol–water partition coefficient (Wildman–Crippen LogP) is 2.83. The lowest BCUT2D eigenvalue weighted by Gasteiger charge is -2.06. The second-order valence-corrected chi connectivity index (χ2v) is 4.77. The first kappa shape index (κ1) is 12.4. The van der Waals surface area contributed by atoms with E-state index in [0.717, 1.165) is 0 Å². The van der Waals surface area contributed by atoms with Crippen LogP contribution in [0.25, 0.3) is 21.7 Å². The zero-order chi connectivity index (χ0) is 14.4. The van der Waals surface area contributed by atoms with Gasteiger partial charge in [-0.25, -0.2) is 0 Å². The highest BCUT2D eigenvalue weighted by molar-refractivity contribution is 6.34. The molecule has 3 aromatic rings. The molecule has 0 atom stereocenters. The molecule has 0 bridgehead atoms. The molecule has 0 aliphatic heterocycles. The van der Waals surface area contributed by atoms with Gasteiger partial charge in [-0.05, 0) is 23.6 Å². The quantitative estimate of drug-likeness (QED) is 0.311. The second-order valence-electron chi connectivity index (χ2n) is 4.36. The van der Waals surface area contributed by atoms with Gasteiger partial charge in [-0.3, -0.25) is 14.9 Å². The van der Waals surface area contributed by atoms with E-state index in [1.54, 1.807) is 12.1 Å². The Balaban J connectivity index is 2.50. The molecule has 2 aromatic carbocycles. The number of aromatic nitrogens is 1. The van der Waals surface area contributed by atoms with Crippen molar-refractivity contribution in [3.05, 3.63) is 55.8 Å². The van der Waals surface area contributed by atoms with Crippen LogP contribution < -0.4 is 11.3 Å². The van der Waals surface area contributed by atoms with Gasteiger partial charge in [0.25, 0.3) is 11.2 Å². The summed E-state index contributed by atoms with van der Waals surface area (Å²) in [5.74, 6) is 0. The van der Waals surface area contributed by atoms with E-state index in [4.69, 9.17) is 17.3 Å². The Bertz CT molecular complexity index is 933. The fourth-order valence-corrected chi connectivity index (χ4v) is 2.34.